The topological polar surface area (TPSA) is 74.3 Å². The second kappa shape index (κ2) is 11.4. The maximum atomic E-state index is 11.8. The number of carbonyl (C=O) groups excluding carboxylic acids is 1. The number of benzene rings is 1. The Balaban J connectivity index is 1.60. The van der Waals surface area contributed by atoms with E-state index in [2.05, 4.69) is 15.1 Å². The number of aliphatic hydroxyl groups excluding tert-OH is 1. The molecule has 0 spiro atoms. The molecule has 2 rings (SSSR count). The predicted molar refractivity (Wildman–Crippen MR) is 101 cm³/mol. The molecule has 146 valence electrons. The fourth-order valence-corrected chi connectivity index (χ4v) is 2.88. The molecular formula is C18H28ClN3O4. The Morgan fingerprint density at radius 1 is 1.23 bits per heavy atom. The molecule has 1 unspecified atom stereocenters. The monoisotopic (exact) mass is 385 g/mol. The number of piperazine rings is 1. The molecule has 0 bridgehead atoms. The fourth-order valence-electron chi connectivity index (χ4n) is 2.76. The van der Waals surface area contributed by atoms with Crippen LogP contribution in [0.1, 0.15) is 0 Å². The molecule has 0 aromatic heterocycles. The minimum atomic E-state index is -0.561. The van der Waals surface area contributed by atoms with Crippen LogP contribution in [0.4, 0.5) is 0 Å². The van der Waals surface area contributed by atoms with E-state index >= 15 is 0 Å². The number of rotatable bonds is 10. The number of aliphatic hydroxyl groups is 1. The molecule has 1 amide bonds. The molecule has 2 N–H and O–H groups in total. The summed E-state index contributed by atoms with van der Waals surface area (Å²) in [5.41, 5.74) is 0. The van der Waals surface area contributed by atoms with Gasteiger partial charge in [0.15, 0.2) is 0 Å². The summed E-state index contributed by atoms with van der Waals surface area (Å²) in [7, 11) is 1.61. The third-order valence-corrected chi connectivity index (χ3v) is 4.44. The van der Waals surface area contributed by atoms with E-state index in [0.29, 0.717) is 37.0 Å². The number of methoxy groups -OCH3 is 1. The maximum absolute atomic E-state index is 11.8. The van der Waals surface area contributed by atoms with Gasteiger partial charge in [-0.05, 0) is 24.3 Å². The normalized spacial score (nSPS) is 17.0. The highest BCUT2D eigenvalue weighted by molar-refractivity contribution is 6.30. The summed E-state index contributed by atoms with van der Waals surface area (Å²) >= 11 is 5.83. The lowest BCUT2D eigenvalue weighted by molar-refractivity contribution is -0.122. The van der Waals surface area contributed by atoms with Crippen molar-refractivity contribution in [1.82, 2.24) is 15.1 Å². The average Bonchev–Trinajstić information content (AvgIpc) is 2.63. The Kier molecular flexibility index (Phi) is 9.14. The average molecular weight is 386 g/mol. The van der Waals surface area contributed by atoms with Crippen LogP contribution < -0.4 is 10.1 Å². The third-order valence-electron chi connectivity index (χ3n) is 4.19. The molecule has 0 saturated carbocycles. The Morgan fingerprint density at radius 2 is 1.88 bits per heavy atom. The van der Waals surface area contributed by atoms with Crippen LogP contribution in [0.3, 0.4) is 0 Å². The summed E-state index contributed by atoms with van der Waals surface area (Å²) in [5, 5.41) is 13.6. The molecule has 1 aromatic rings. The Hall–Kier alpha value is -1.38. The van der Waals surface area contributed by atoms with Gasteiger partial charge in [-0.2, -0.15) is 0 Å². The van der Waals surface area contributed by atoms with Gasteiger partial charge >= 0.3 is 0 Å². The van der Waals surface area contributed by atoms with Crippen molar-refractivity contribution in [3.63, 3.8) is 0 Å². The van der Waals surface area contributed by atoms with Crippen molar-refractivity contribution in [2.45, 2.75) is 6.10 Å². The molecule has 1 heterocycles. The Morgan fingerprint density at radius 3 is 2.54 bits per heavy atom. The lowest BCUT2D eigenvalue weighted by Crippen LogP contribution is -2.51. The van der Waals surface area contributed by atoms with Gasteiger partial charge in [-0.25, -0.2) is 0 Å². The van der Waals surface area contributed by atoms with E-state index < -0.39 is 6.10 Å². The first-order chi connectivity index (χ1) is 12.6. The summed E-state index contributed by atoms with van der Waals surface area (Å²) < 4.78 is 10.5. The van der Waals surface area contributed by atoms with E-state index in [-0.39, 0.29) is 12.5 Å². The SMILES string of the molecule is COCCNC(=O)CN1CCN(CC(O)COc2ccc(Cl)cc2)CC1. The van der Waals surface area contributed by atoms with Gasteiger partial charge in [0.2, 0.25) is 5.91 Å². The van der Waals surface area contributed by atoms with Crippen LogP contribution in [0.2, 0.25) is 5.02 Å². The molecule has 7 nitrogen and oxygen atoms in total. The molecule has 0 radical (unpaired) electrons. The summed E-state index contributed by atoms with van der Waals surface area (Å²) in [6.07, 6.45) is -0.561. The van der Waals surface area contributed by atoms with E-state index in [4.69, 9.17) is 21.1 Å². The van der Waals surface area contributed by atoms with Crippen molar-refractivity contribution >= 4 is 17.5 Å². The highest BCUT2D eigenvalue weighted by atomic mass is 35.5. The van der Waals surface area contributed by atoms with Gasteiger partial charge in [0.05, 0.1) is 13.2 Å². The van der Waals surface area contributed by atoms with Gasteiger partial charge in [0.1, 0.15) is 18.5 Å². The predicted octanol–water partition coefficient (Wildman–Crippen LogP) is 0.460. The molecule has 1 aliphatic rings. The molecule has 1 aliphatic heterocycles. The van der Waals surface area contributed by atoms with E-state index in [0.717, 1.165) is 26.2 Å². The number of nitrogens with one attached hydrogen (secondary N) is 1. The summed E-state index contributed by atoms with van der Waals surface area (Å²) in [5.74, 6) is 0.713. The molecule has 0 aliphatic carbocycles. The van der Waals surface area contributed by atoms with Crippen LogP contribution >= 0.6 is 11.6 Å². The largest absolute Gasteiger partial charge is 0.491 e. The standard InChI is InChI=1S/C18H28ClN3O4/c1-25-11-6-20-18(24)13-22-9-7-21(8-10-22)12-16(23)14-26-17-4-2-15(19)3-5-17/h2-5,16,23H,6-14H2,1H3,(H,20,24). The first-order valence-corrected chi connectivity index (χ1v) is 9.21. The first kappa shape index (κ1) is 20.9. The van der Waals surface area contributed by atoms with E-state index in [1.807, 2.05) is 0 Å². The van der Waals surface area contributed by atoms with Crippen molar-refractivity contribution in [3.8, 4) is 5.75 Å². The van der Waals surface area contributed by atoms with Crippen molar-refractivity contribution < 1.29 is 19.4 Å². The maximum Gasteiger partial charge on any atom is 0.234 e. The third kappa shape index (κ3) is 7.88. The van der Waals surface area contributed by atoms with Gasteiger partial charge < -0.3 is 19.9 Å². The van der Waals surface area contributed by atoms with E-state index in [1.165, 1.54) is 0 Å². The number of hydrogen-bond acceptors (Lipinski definition) is 6. The second-order valence-corrected chi connectivity index (χ2v) is 6.77. The van der Waals surface area contributed by atoms with Crippen LogP contribution in [-0.4, -0.2) is 93.1 Å². The van der Waals surface area contributed by atoms with Gasteiger partial charge in [0, 0.05) is 51.4 Å². The Bertz CT molecular complexity index is 536. The number of ether oxygens (including phenoxy) is 2. The zero-order chi connectivity index (χ0) is 18.8. The van der Waals surface area contributed by atoms with Crippen molar-refractivity contribution in [1.29, 1.82) is 0 Å². The van der Waals surface area contributed by atoms with Crippen molar-refractivity contribution in [3.05, 3.63) is 29.3 Å². The molecular weight excluding hydrogens is 358 g/mol. The number of nitrogens with zero attached hydrogens (tertiary/aromatic N) is 2. The zero-order valence-corrected chi connectivity index (χ0v) is 16.0. The van der Waals surface area contributed by atoms with E-state index in [9.17, 15) is 9.90 Å². The van der Waals surface area contributed by atoms with Crippen LogP contribution in [0, 0.1) is 0 Å². The Labute approximate surface area is 159 Å². The number of β-amino-alcohol motifs (C(OH)–C–C–N with tert-alkyl or cyclic N) is 1. The first-order valence-electron chi connectivity index (χ1n) is 8.83. The molecule has 1 fully saturated rings. The van der Waals surface area contributed by atoms with Gasteiger partial charge in [-0.15, -0.1) is 0 Å². The van der Waals surface area contributed by atoms with Crippen molar-refractivity contribution in [2.24, 2.45) is 0 Å². The molecule has 1 atom stereocenters. The van der Waals surface area contributed by atoms with Crippen LogP contribution in [0.25, 0.3) is 0 Å². The molecule has 26 heavy (non-hydrogen) atoms. The molecule has 1 saturated heterocycles. The van der Waals surface area contributed by atoms with Crippen LogP contribution in [-0.2, 0) is 9.53 Å². The molecule has 1 aromatic carbocycles. The highest BCUT2D eigenvalue weighted by Crippen LogP contribution is 2.15. The highest BCUT2D eigenvalue weighted by Gasteiger charge is 2.20. The smallest absolute Gasteiger partial charge is 0.234 e. The second-order valence-electron chi connectivity index (χ2n) is 6.34. The lowest BCUT2D eigenvalue weighted by atomic mass is 10.2. The number of amides is 1. The van der Waals surface area contributed by atoms with Crippen LogP contribution in [0.5, 0.6) is 5.75 Å². The minimum absolute atomic E-state index is 0.0203. The van der Waals surface area contributed by atoms with Gasteiger partial charge in [-0.1, -0.05) is 11.6 Å². The summed E-state index contributed by atoms with van der Waals surface area (Å²) in [6.45, 7) is 5.52. The molecule has 8 heteroatoms. The number of hydrogen-bond donors (Lipinski definition) is 2. The minimum Gasteiger partial charge on any atom is -0.491 e. The van der Waals surface area contributed by atoms with Gasteiger partial charge in [-0.3, -0.25) is 14.6 Å². The van der Waals surface area contributed by atoms with Crippen LogP contribution in [0.15, 0.2) is 24.3 Å². The lowest BCUT2D eigenvalue weighted by Gasteiger charge is -2.35. The van der Waals surface area contributed by atoms with Crippen molar-refractivity contribution in [2.75, 3.05) is 66.1 Å². The van der Waals surface area contributed by atoms with Gasteiger partial charge in [0.25, 0.3) is 0 Å². The summed E-state index contributed by atoms with van der Waals surface area (Å²) in [4.78, 5) is 16.1. The quantitative estimate of drug-likeness (QED) is 0.570. The summed E-state index contributed by atoms with van der Waals surface area (Å²) in [6, 6.07) is 7.08. The fraction of sp³-hybridized carbons (Fsp3) is 0.611. The zero-order valence-electron chi connectivity index (χ0n) is 15.2. The van der Waals surface area contributed by atoms with E-state index in [1.54, 1.807) is 31.4 Å². The number of carbonyl (C=O) groups is 1. The number of halogens is 1.